The average Bonchev–Trinajstić information content (AvgIpc) is 2.34. The second-order valence-corrected chi connectivity index (χ2v) is 2.98. The Labute approximate surface area is 69.9 Å². The molecule has 0 bridgehead atoms. The molecule has 0 amide bonds. The van der Waals surface area contributed by atoms with Gasteiger partial charge in [-0.05, 0) is 12.1 Å². The minimum atomic E-state index is -0.0568. The molecule has 1 heterocycles. The van der Waals surface area contributed by atoms with Crippen LogP contribution >= 0.6 is 11.6 Å². The Kier molecular flexibility index (Phi) is 1.51. The number of halogens is 1. The Hall–Kier alpha value is -0.730. The first-order valence-corrected chi connectivity index (χ1v) is 3.83. The van der Waals surface area contributed by atoms with E-state index in [0.717, 1.165) is 11.3 Å². The van der Waals surface area contributed by atoms with E-state index in [2.05, 4.69) is 0 Å². The number of benzene rings is 1. The van der Waals surface area contributed by atoms with Gasteiger partial charge in [0.1, 0.15) is 12.4 Å². The van der Waals surface area contributed by atoms with Crippen molar-refractivity contribution >= 4 is 11.6 Å². The molecule has 2 rings (SSSR count). The van der Waals surface area contributed by atoms with Crippen molar-refractivity contribution in [3.63, 3.8) is 0 Å². The highest BCUT2D eigenvalue weighted by atomic mass is 35.5. The molecule has 1 aromatic rings. The van der Waals surface area contributed by atoms with Gasteiger partial charge >= 0.3 is 0 Å². The highest BCUT2D eigenvalue weighted by Crippen LogP contribution is 2.35. The molecule has 0 aliphatic carbocycles. The van der Waals surface area contributed by atoms with Crippen molar-refractivity contribution in [3.05, 3.63) is 28.8 Å². The lowest BCUT2D eigenvalue weighted by atomic mass is 10.1. The van der Waals surface area contributed by atoms with Crippen LogP contribution in [0.4, 0.5) is 0 Å². The van der Waals surface area contributed by atoms with Gasteiger partial charge in [0.2, 0.25) is 0 Å². The summed E-state index contributed by atoms with van der Waals surface area (Å²) in [6, 6.07) is 5.51. The fraction of sp³-hybridized carbons (Fsp3) is 0.250. The average molecular weight is 170 g/mol. The van der Waals surface area contributed by atoms with Gasteiger partial charge in [0.25, 0.3) is 0 Å². The predicted octanol–water partition coefficient (Wildman–Crippen LogP) is 1.73. The first-order chi connectivity index (χ1) is 5.29. The Bertz CT molecular complexity index is 287. The molecule has 1 atom stereocenters. The van der Waals surface area contributed by atoms with Gasteiger partial charge in [-0.1, -0.05) is 17.7 Å². The summed E-state index contributed by atoms with van der Waals surface area (Å²) in [5.74, 6) is 0.824. The van der Waals surface area contributed by atoms with E-state index in [4.69, 9.17) is 22.1 Å². The number of fused-ring (bicyclic) bond motifs is 1. The lowest BCUT2D eigenvalue weighted by Gasteiger charge is -2.01. The molecule has 1 aromatic carbocycles. The van der Waals surface area contributed by atoms with Crippen LogP contribution in [0.5, 0.6) is 5.75 Å². The van der Waals surface area contributed by atoms with Crippen LogP contribution in [0.1, 0.15) is 11.6 Å². The largest absolute Gasteiger partial charge is 0.491 e. The van der Waals surface area contributed by atoms with E-state index < -0.39 is 0 Å². The molecule has 1 aliphatic rings. The first kappa shape index (κ1) is 6.95. The number of ether oxygens (including phenoxy) is 1. The van der Waals surface area contributed by atoms with Gasteiger partial charge < -0.3 is 10.5 Å². The summed E-state index contributed by atoms with van der Waals surface area (Å²) >= 11 is 5.90. The van der Waals surface area contributed by atoms with Crippen molar-refractivity contribution in [3.8, 4) is 5.75 Å². The number of hydrogen-bond donors (Lipinski definition) is 1. The van der Waals surface area contributed by atoms with Crippen LogP contribution in [0.15, 0.2) is 18.2 Å². The third-order valence-electron chi connectivity index (χ3n) is 1.80. The number of hydrogen-bond acceptors (Lipinski definition) is 2. The summed E-state index contributed by atoms with van der Waals surface area (Å²) in [6.45, 7) is 0.541. The first-order valence-electron chi connectivity index (χ1n) is 3.46. The second-order valence-electron chi connectivity index (χ2n) is 2.57. The molecule has 2 nitrogen and oxygen atoms in total. The van der Waals surface area contributed by atoms with Gasteiger partial charge in [0.15, 0.2) is 0 Å². The fourth-order valence-electron chi connectivity index (χ4n) is 1.27. The predicted molar refractivity (Wildman–Crippen MR) is 43.9 cm³/mol. The summed E-state index contributed by atoms with van der Waals surface area (Å²) in [6.07, 6.45) is 0. The topological polar surface area (TPSA) is 35.2 Å². The third kappa shape index (κ3) is 0.988. The Balaban J connectivity index is 2.58. The Morgan fingerprint density at radius 1 is 1.55 bits per heavy atom. The molecule has 11 heavy (non-hydrogen) atoms. The van der Waals surface area contributed by atoms with Crippen molar-refractivity contribution in [2.24, 2.45) is 5.73 Å². The van der Waals surface area contributed by atoms with Crippen LogP contribution < -0.4 is 10.5 Å². The lowest BCUT2D eigenvalue weighted by molar-refractivity contribution is 0.333. The van der Waals surface area contributed by atoms with E-state index in [0.29, 0.717) is 11.6 Å². The molecule has 1 unspecified atom stereocenters. The molecule has 1 aliphatic heterocycles. The van der Waals surface area contributed by atoms with Gasteiger partial charge in [-0.15, -0.1) is 0 Å². The molecule has 0 spiro atoms. The van der Waals surface area contributed by atoms with Gasteiger partial charge in [-0.2, -0.15) is 0 Å². The van der Waals surface area contributed by atoms with E-state index >= 15 is 0 Å². The normalized spacial score (nSPS) is 21.1. The van der Waals surface area contributed by atoms with Crippen molar-refractivity contribution in [1.29, 1.82) is 0 Å². The lowest BCUT2D eigenvalue weighted by Crippen LogP contribution is -2.11. The van der Waals surface area contributed by atoms with Crippen molar-refractivity contribution in [2.45, 2.75) is 6.04 Å². The maximum absolute atomic E-state index is 5.90. The van der Waals surface area contributed by atoms with E-state index in [1.165, 1.54) is 0 Å². The van der Waals surface area contributed by atoms with E-state index in [-0.39, 0.29) is 6.04 Å². The highest BCUT2D eigenvalue weighted by Gasteiger charge is 2.22. The molecule has 0 fully saturated rings. The Morgan fingerprint density at radius 2 is 2.36 bits per heavy atom. The zero-order valence-electron chi connectivity index (χ0n) is 5.88. The van der Waals surface area contributed by atoms with Gasteiger partial charge in [-0.25, -0.2) is 0 Å². The van der Waals surface area contributed by atoms with Crippen LogP contribution in [0.25, 0.3) is 0 Å². The minimum Gasteiger partial charge on any atom is -0.491 e. The van der Waals surface area contributed by atoms with Gasteiger partial charge in [0.05, 0.1) is 6.04 Å². The molecule has 0 radical (unpaired) electrons. The summed E-state index contributed by atoms with van der Waals surface area (Å²) in [4.78, 5) is 0. The summed E-state index contributed by atoms with van der Waals surface area (Å²) in [7, 11) is 0. The van der Waals surface area contributed by atoms with Crippen LogP contribution in [-0.2, 0) is 0 Å². The molecule has 0 saturated carbocycles. The van der Waals surface area contributed by atoms with Crippen LogP contribution in [-0.4, -0.2) is 6.61 Å². The zero-order chi connectivity index (χ0) is 7.84. The number of nitrogens with two attached hydrogens (primary N) is 1. The van der Waals surface area contributed by atoms with Gasteiger partial charge in [-0.3, -0.25) is 0 Å². The highest BCUT2D eigenvalue weighted by molar-refractivity contribution is 6.31. The molecular formula is C8H8ClNO. The Morgan fingerprint density at radius 3 is 3.09 bits per heavy atom. The minimum absolute atomic E-state index is 0.0568. The molecular weight excluding hydrogens is 162 g/mol. The van der Waals surface area contributed by atoms with E-state index in [9.17, 15) is 0 Å². The van der Waals surface area contributed by atoms with Crippen molar-refractivity contribution in [2.75, 3.05) is 6.61 Å². The summed E-state index contributed by atoms with van der Waals surface area (Å²) < 4.78 is 5.28. The van der Waals surface area contributed by atoms with Crippen molar-refractivity contribution in [1.82, 2.24) is 0 Å². The van der Waals surface area contributed by atoms with Crippen LogP contribution in [0.2, 0.25) is 5.02 Å². The smallest absolute Gasteiger partial charge is 0.125 e. The summed E-state index contributed by atoms with van der Waals surface area (Å²) in [5.41, 5.74) is 6.68. The third-order valence-corrected chi connectivity index (χ3v) is 2.13. The van der Waals surface area contributed by atoms with Crippen molar-refractivity contribution < 1.29 is 4.74 Å². The SMILES string of the molecule is NC1COc2cccc(Cl)c21. The summed E-state index contributed by atoms with van der Waals surface area (Å²) in [5, 5.41) is 0.701. The van der Waals surface area contributed by atoms with Crippen LogP contribution in [0, 0.1) is 0 Å². The zero-order valence-corrected chi connectivity index (χ0v) is 6.64. The molecule has 58 valence electrons. The monoisotopic (exact) mass is 169 g/mol. The number of rotatable bonds is 0. The fourth-order valence-corrected chi connectivity index (χ4v) is 1.57. The quantitative estimate of drug-likeness (QED) is 0.642. The second kappa shape index (κ2) is 2.40. The van der Waals surface area contributed by atoms with E-state index in [1.54, 1.807) is 0 Å². The molecule has 3 heteroatoms. The maximum Gasteiger partial charge on any atom is 0.125 e. The van der Waals surface area contributed by atoms with Gasteiger partial charge in [0, 0.05) is 10.6 Å². The van der Waals surface area contributed by atoms with Crippen LogP contribution in [0.3, 0.4) is 0 Å². The molecule has 2 N–H and O–H groups in total. The molecule has 0 saturated heterocycles. The molecule has 0 aromatic heterocycles. The van der Waals surface area contributed by atoms with E-state index in [1.807, 2.05) is 18.2 Å². The maximum atomic E-state index is 5.90. The standard InChI is InChI=1S/C8H8ClNO/c9-5-2-1-3-7-8(5)6(10)4-11-7/h1-3,6H,4,10H2.